The lowest BCUT2D eigenvalue weighted by molar-refractivity contribution is -0.140. The van der Waals surface area contributed by atoms with Crippen LogP contribution in [0, 0.1) is 0 Å². The fourth-order valence-electron chi connectivity index (χ4n) is 2.27. The second-order valence-electron chi connectivity index (χ2n) is 4.32. The van der Waals surface area contributed by atoms with Crippen molar-refractivity contribution < 1.29 is 27.4 Å². The summed E-state index contributed by atoms with van der Waals surface area (Å²) in [6, 6.07) is 2.25. The average Bonchev–Trinajstić information content (AvgIpc) is 2.45. The Morgan fingerprint density at radius 1 is 1.25 bits per heavy atom. The van der Waals surface area contributed by atoms with Gasteiger partial charge in [-0.15, -0.1) is 0 Å². The van der Waals surface area contributed by atoms with E-state index in [9.17, 15) is 13.2 Å². The molecule has 0 saturated carbocycles. The summed E-state index contributed by atoms with van der Waals surface area (Å²) in [6.45, 7) is 1.26. The number of ether oxygens (including phenoxy) is 3. The molecule has 7 heteroatoms. The Hall–Kier alpha value is -1.47. The van der Waals surface area contributed by atoms with Gasteiger partial charge in [0.1, 0.15) is 0 Å². The maximum absolute atomic E-state index is 13.2. The molecule has 1 aliphatic rings. The van der Waals surface area contributed by atoms with Crippen molar-refractivity contribution in [1.82, 2.24) is 5.32 Å². The molecule has 0 aromatic heterocycles. The zero-order chi connectivity index (χ0) is 14.8. The minimum absolute atomic E-state index is 0.0217. The Kier molecular flexibility index (Phi) is 4.39. The molecule has 0 bridgehead atoms. The third-order valence-corrected chi connectivity index (χ3v) is 3.14. The van der Waals surface area contributed by atoms with Gasteiger partial charge in [0.25, 0.3) is 0 Å². The SMILES string of the molecule is COc1ccc(C(F)(F)F)c(C2CNCCO2)c1OC. The predicted octanol–water partition coefficient (Wildman–Crippen LogP) is 2.38. The van der Waals surface area contributed by atoms with Crippen LogP contribution in [0.2, 0.25) is 0 Å². The summed E-state index contributed by atoms with van der Waals surface area (Å²) in [7, 11) is 2.70. The molecule has 1 unspecified atom stereocenters. The summed E-state index contributed by atoms with van der Waals surface area (Å²) in [5.74, 6) is 0.320. The number of methoxy groups -OCH3 is 2. The van der Waals surface area contributed by atoms with Crippen molar-refractivity contribution in [2.75, 3.05) is 33.9 Å². The van der Waals surface area contributed by atoms with Crippen LogP contribution in [0.1, 0.15) is 17.2 Å². The standard InChI is InChI=1S/C13H16F3NO3/c1-18-9-4-3-8(13(14,15)16)11(12(9)19-2)10-7-17-5-6-20-10/h3-4,10,17H,5-7H2,1-2H3. The first-order valence-electron chi connectivity index (χ1n) is 6.13. The van der Waals surface area contributed by atoms with E-state index in [0.29, 0.717) is 19.7 Å². The van der Waals surface area contributed by atoms with Crippen LogP contribution in [0.25, 0.3) is 0 Å². The van der Waals surface area contributed by atoms with Crippen LogP contribution in [-0.4, -0.2) is 33.9 Å². The maximum atomic E-state index is 13.2. The summed E-state index contributed by atoms with van der Waals surface area (Å²) >= 11 is 0. The van der Waals surface area contributed by atoms with Gasteiger partial charge in [-0.25, -0.2) is 0 Å². The fraction of sp³-hybridized carbons (Fsp3) is 0.538. The number of hydrogen-bond acceptors (Lipinski definition) is 4. The van der Waals surface area contributed by atoms with Gasteiger partial charge >= 0.3 is 6.18 Å². The summed E-state index contributed by atoms with van der Waals surface area (Å²) in [6.07, 6.45) is -5.19. The Bertz CT molecular complexity index is 471. The molecule has 0 amide bonds. The number of hydrogen-bond donors (Lipinski definition) is 1. The molecule has 1 aromatic carbocycles. The van der Waals surface area contributed by atoms with Crippen LogP contribution in [0.5, 0.6) is 11.5 Å². The van der Waals surface area contributed by atoms with E-state index in [1.165, 1.54) is 20.3 Å². The van der Waals surface area contributed by atoms with Crippen LogP contribution in [0.15, 0.2) is 12.1 Å². The van der Waals surface area contributed by atoms with E-state index in [2.05, 4.69) is 5.32 Å². The molecule has 1 saturated heterocycles. The second-order valence-corrected chi connectivity index (χ2v) is 4.32. The van der Waals surface area contributed by atoms with Crippen molar-refractivity contribution in [3.63, 3.8) is 0 Å². The van der Waals surface area contributed by atoms with Gasteiger partial charge in [-0.3, -0.25) is 0 Å². The van der Waals surface area contributed by atoms with Gasteiger partial charge in [-0.2, -0.15) is 13.2 Å². The van der Waals surface area contributed by atoms with Gasteiger partial charge in [-0.1, -0.05) is 0 Å². The van der Waals surface area contributed by atoms with Gasteiger partial charge in [0.15, 0.2) is 11.5 Å². The van der Waals surface area contributed by atoms with E-state index in [1.807, 2.05) is 0 Å². The predicted molar refractivity (Wildman–Crippen MR) is 66.1 cm³/mol. The first-order chi connectivity index (χ1) is 9.49. The quantitative estimate of drug-likeness (QED) is 0.928. The van der Waals surface area contributed by atoms with E-state index in [0.717, 1.165) is 6.07 Å². The van der Waals surface area contributed by atoms with Crippen molar-refractivity contribution in [2.24, 2.45) is 0 Å². The number of halogens is 3. The van der Waals surface area contributed by atoms with Crippen molar-refractivity contribution in [2.45, 2.75) is 12.3 Å². The molecule has 20 heavy (non-hydrogen) atoms. The highest BCUT2D eigenvalue weighted by Gasteiger charge is 2.39. The third-order valence-electron chi connectivity index (χ3n) is 3.14. The molecule has 0 radical (unpaired) electrons. The largest absolute Gasteiger partial charge is 0.493 e. The zero-order valence-corrected chi connectivity index (χ0v) is 11.2. The Labute approximate surface area is 114 Å². The summed E-state index contributed by atoms with van der Waals surface area (Å²) in [5.41, 5.74) is -0.782. The molecule has 1 heterocycles. The van der Waals surface area contributed by atoms with Crippen LogP contribution < -0.4 is 14.8 Å². The van der Waals surface area contributed by atoms with E-state index >= 15 is 0 Å². The van der Waals surface area contributed by atoms with Gasteiger partial charge in [0, 0.05) is 18.7 Å². The highest BCUT2D eigenvalue weighted by molar-refractivity contribution is 5.53. The smallest absolute Gasteiger partial charge is 0.416 e. The Morgan fingerprint density at radius 2 is 2.00 bits per heavy atom. The molecule has 2 rings (SSSR count). The lowest BCUT2D eigenvalue weighted by Gasteiger charge is -2.28. The molecule has 4 nitrogen and oxygen atoms in total. The molecule has 112 valence electrons. The molecular weight excluding hydrogens is 275 g/mol. The first-order valence-corrected chi connectivity index (χ1v) is 6.13. The van der Waals surface area contributed by atoms with Crippen LogP contribution in [0.4, 0.5) is 13.2 Å². The minimum Gasteiger partial charge on any atom is -0.493 e. The summed E-state index contributed by atoms with van der Waals surface area (Å²) < 4.78 is 55.2. The number of morpholine rings is 1. The van der Waals surface area contributed by atoms with E-state index < -0.39 is 17.8 Å². The monoisotopic (exact) mass is 291 g/mol. The molecule has 0 spiro atoms. The van der Waals surface area contributed by atoms with Gasteiger partial charge in [-0.05, 0) is 12.1 Å². The molecular formula is C13H16F3NO3. The van der Waals surface area contributed by atoms with Crippen LogP contribution >= 0.6 is 0 Å². The summed E-state index contributed by atoms with van der Waals surface area (Å²) in [4.78, 5) is 0. The molecule has 1 aromatic rings. The van der Waals surface area contributed by atoms with Gasteiger partial charge in [0.05, 0.1) is 32.5 Å². The van der Waals surface area contributed by atoms with E-state index in [4.69, 9.17) is 14.2 Å². The lowest BCUT2D eigenvalue weighted by atomic mass is 9.99. The van der Waals surface area contributed by atoms with Crippen molar-refractivity contribution in [3.8, 4) is 11.5 Å². The fourth-order valence-corrected chi connectivity index (χ4v) is 2.27. The van der Waals surface area contributed by atoms with E-state index in [-0.39, 0.29) is 17.1 Å². The molecule has 1 N–H and O–H groups in total. The lowest BCUT2D eigenvalue weighted by Crippen LogP contribution is -2.34. The third kappa shape index (κ3) is 2.83. The van der Waals surface area contributed by atoms with Crippen LogP contribution in [0.3, 0.4) is 0 Å². The normalized spacial score (nSPS) is 19.8. The minimum atomic E-state index is -4.48. The molecule has 1 fully saturated rings. The van der Waals surface area contributed by atoms with Crippen molar-refractivity contribution in [3.05, 3.63) is 23.3 Å². The van der Waals surface area contributed by atoms with Gasteiger partial charge in [0.2, 0.25) is 0 Å². The average molecular weight is 291 g/mol. The van der Waals surface area contributed by atoms with Crippen molar-refractivity contribution in [1.29, 1.82) is 0 Å². The Balaban J connectivity index is 2.57. The van der Waals surface area contributed by atoms with Crippen LogP contribution in [-0.2, 0) is 10.9 Å². The van der Waals surface area contributed by atoms with E-state index in [1.54, 1.807) is 0 Å². The maximum Gasteiger partial charge on any atom is 0.416 e. The molecule has 1 atom stereocenters. The first kappa shape index (κ1) is 14.9. The number of alkyl halides is 3. The Morgan fingerprint density at radius 3 is 2.50 bits per heavy atom. The highest BCUT2D eigenvalue weighted by Crippen LogP contribution is 2.44. The molecule has 1 aliphatic heterocycles. The number of benzene rings is 1. The van der Waals surface area contributed by atoms with Crippen molar-refractivity contribution >= 4 is 0 Å². The topological polar surface area (TPSA) is 39.7 Å². The number of rotatable bonds is 3. The highest BCUT2D eigenvalue weighted by atomic mass is 19.4. The number of nitrogens with one attached hydrogen (secondary N) is 1. The zero-order valence-electron chi connectivity index (χ0n) is 11.2. The summed E-state index contributed by atoms with van der Waals surface area (Å²) in [5, 5.41) is 3.01. The van der Waals surface area contributed by atoms with Gasteiger partial charge < -0.3 is 19.5 Å². The second kappa shape index (κ2) is 5.88. The molecule has 0 aliphatic carbocycles.